The number of hydrogen-bond acceptors (Lipinski definition) is 4. The van der Waals surface area contributed by atoms with Gasteiger partial charge in [0.25, 0.3) is 0 Å². The third kappa shape index (κ3) is 4.29. The number of hydrogen-bond donors (Lipinski definition) is 0. The topological polar surface area (TPSA) is 62.5 Å². The van der Waals surface area contributed by atoms with E-state index in [4.69, 9.17) is 5.26 Å². The zero-order valence-corrected chi connectivity index (χ0v) is 9.25. The first-order chi connectivity index (χ1) is 7.72. The van der Waals surface area contributed by atoms with Gasteiger partial charge in [0, 0.05) is 18.1 Å². The number of aromatic nitrogens is 3. The van der Waals surface area contributed by atoms with Crippen molar-refractivity contribution in [2.75, 3.05) is 0 Å². The minimum absolute atomic E-state index is 0.362. The summed E-state index contributed by atoms with van der Waals surface area (Å²) >= 11 is 0. The fraction of sp³-hybridized carbons (Fsp3) is 0.167. The third-order valence-electron chi connectivity index (χ3n) is 1.71. The second-order valence-electron chi connectivity index (χ2n) is 3.13. The van der Waals surface area contributed by atoms with E-state index in [0.717, 1.165) is 11.4 Å². The highest BCUT2D eigenvalue weighted by atomic mass is 14.8. The lowest BCUT2D eigenvalue weighted by molar-refractivity contribution is 1.09. The zero-order chi connectivity index (χ0) is 11.8. The van der Waals surface area contributed by atoms with Crippen LogP contribution in [0.25, 0.3) is 0 Å². The van der Waals surface area contributed by atoms with Gasteiger partial charge in [0.1, 0.15) is 6.07 Å². The first-order valence-electron chi connectivity index (χ1n) is 4.79. The number of aryl methyl sites for hydroxylation is 2. The summed E-state index contributed by atoms with van der Waals surface area (Å²) in [7, 11) is 0. The lowest BCUT2D eigenvalue weighted by Crippen LogP contribution is -1.85. The number of pyridine rings is 1. The summed E-state index contributed by atoms with van der Waals surface area (Å²) in [5, 5.41) is 8.28. The molecule has 0 N–H and O–H groups in total. The molecule has 2 heterocycles. The smallest absolute Gasteiger partial charge is 0.158 e. The second-order valence-corrected chi connectivity index (χ2v) is 3.13. The van der Waals surface area contributed by atoms with E-state index in [9.17, 15) is 0 Å². The van der Waals surface area contributed by atoms with Crippen LogP contribution in [0.1, 0.15) is 17.1 Å². The van der Waals surface area contributed by atoms with E-state index in [0.29, 0.717) is 5.69 Å². The van der Waals surface area contributed by atoms with Crippen LogP contribution in [-0.2, 0) is 0 Å². The minimum atomic E-state index is 0.362. The largest absolute Gasteiger partial charge is 0.262 e. The average molecular weight is 212 g/mol. The van der Waals surface area contributed by atoms with Crippen molar-refractivity contribution in [3.63, 3.8) is 0 Å². The highest BCUT2D eigenvalue weighted by Crippen LogP contribution is 1.89. The fourth-order valence-corrected chi connectivity index (χ4v) is 0.898. The van der Waals surface area contributed by atoms with Gasteiger partial charge in [-0.15, -0.1) is 0 Å². The van der Waals surface area contributed by atoms with Gasteiger partial charge >= 0.3 is 0 Å². The van der Waals surface area contributed by atoms with E-state index in [2.05, 4.69) is 15.0 Å². The second kappa shape index (κ2) is 6.25. The molecular formula is C12H12N4. The van der Waals surface area contributed by atoms with Crippen molar-refractivity contribution < 1.29 is 0 Å². The molecule has 0 bridgehead atoms. The number of nitrogens with zero attached hydrogens (tertiary/aromatic N) is 4. The molecule has 2 aromatic rings. The molecule has 0 saturated heterocycles. The molecule has 0 amide bonds. The van der Waals surface area contributed by atoms with Crippen molar-refractivity contribution in [3.8, 4) is 6.07 Å². The molecule has 0 fully saturated rings. The molecular weight excluding hydrogens is 200 g/mol. The molecule has 2 aromatic heterocycles. The Hall–Kier alpha value is -2.28. The zero-order valence-electron chi connectivity index (χ0n) is 9.25. The molecule has 4 heteroatoms. The van der Waals surface area contributed by atoms with Crippen molar-refractivity contribution in [2.45, 2.75) is 13.8 Å². The molecule has 0 spiro atoms. The standard InChI is InChI=1S/C6H5N3.C6H7N/c1-5-3-9-6(2-7)4-8-5;1-6-4-2-3-5-7-6/h3-4H,1H3;2-5H,1H3. The first-order valence-corrected chi connectivity index (χ1v) is 4.79. The predicted octanol–water partition coefficient (Wildman–Crippen LogP) is 2.05. The van der Waals surface area contributed by atoms with Crippen molar-refractivity contribution >= 4 is 0 Å². The molecule has 0 atom stereocenters. The van der Waals surface area contributed by atoms with Crippen LogP contribution in [0.2, 0.25) is 0 Å². The molecule has 80 valence electrons. The van der Waals surface area contributed by atoms with Crippen molar-refractivity contribution in [2.24, 2.45) is 0 Å². The Kier molecular flexibility index (Phi) is 4.61. The molecule has 0 aliphatic carbocycles. The Morgan fingerprint density at radius 1 is 1.00 bits per heavy atom. The van der Waals surface area contributed by atoms with Gasteiger partial charge in [-0.1, -0.05) is 6.07 Å². The molecule has 0 aromatic carbocycles. The van der Waals surface area contributed by atoms with Crippen LogP contribution in [0.5, 0.6) is 0 Å². The average Bonchev–Trinajstić information content (AvgIpc) is 2.32. The quantitative estimate of drug-likeness (QED) is 0.670. The lowest BCUT2D eigenvalue weighted by Gasteiger charge is -1.86. The predicted molar refractivity (Wildman–Crippen MR) is 60.5 cm³/mol. The molecule has 0 aliphatic heterocycles. The Bertz CT molecular complexity index is 457. The minimum Gasteiger partial charge on any atom is -0.262 e. The maximum atomic E-state index is 8.28. The van der Waals surface area contributed by atoms with Crippen LogP contribution in [-0.4, -0.2) is 15.0 Å². The van der Waals surface area contributed by atoms with E-state index in [-0.39, 0.29) is 0 Å². The van der Waals surface area contributed by atoms with Gasteiger partial charge in [-0.3, -0.25) is 9.97 Å². The third-order valence-corrected chi connectivity index (χ3v) is 1.71. The summed E-state index contributed by atoms with van der Waals surface area (Å²) in [4.78, 5) is 11.6. The first kappa shape index (κ1) is 11.8. The van der Waals surface area contributed by atoms with Crippen molar-refractivity contribution in [1.29, 1.82) is 5.26 Å². The maximum Gasteiger partial charge on any atom is 0.158 e. The summed E-state index contributed by atoms with van der Waals surface area (Å²) in [5.74, 6) is 0. The van der Waals surface area contributed by atoms with Gasteiger partial charge in [0.05, 0.1) is 11.9 Å². The molecule has 0 saturated carbocycles. The van der Waals surface area contributed by atoms with Gasteiger partial charge < -0.3 is 0 Å². The lowest BCUT2D eigenvalue weighted by atomic mass is 10.4. The highest BCUT2D eigenvalue weighted by Gasteiger charge is 1.88. The van der Waals surface area contributed by atoms with E-state index in [1.165, 1.54) is 6.20 Å². The van der Waals surface area contributed by atoms with Gasteiger partial charge in [-0.25, -0.2) is 4.98 Å². The summed E-state index contributed by atoms with van der Waals surface area (Å²) in [6.07, 6.45) is 4.81. The van der Waals surface area contributed by atoms with Crippen molar-refractivity contribution in [1.82, 2.24) is 15.0 Å². The highest BCUT2D eigenvalue weighted by molar-refractivity contribution is 5.15. The summed E-state index contributed by atoms with van der Waals surface area (Å²) in [5.41, 5.74) is 2.26. The summed E-state index contributed by atoms with van der Waals surface area (Å²) in [6, 6.07) is 7.74. The van der Waals surface area contributed by atoms with Crippen LogP contribution in [0.4, 0.5) is 0 Å². The molecule has 0 unspecified atom stereocenters. The van der Waals surface area contributed by atoms with E-state index >= 15 is 0 Å². The van der Waals surface area contributed by atoms with Crippen LogP contribution < -0.4 is 0 Å². The van der Waals surface area contributed by atoms with E-state index in [1.54, 1.807) is 12.4 Å². The number of rotatable bonds is 0. The maximum absolute atomic E-state index is 8.28. The summed E-state index contributed by atoms with van der Waals surface area (Å²) in [6.45, 7) is 3.80. The van der Waals surface area contributed by atoms with Crippen LogP contribution in [0.15, 0.2) is 36.8 Å². The Morgan fingerprint density at radius 3 is 2.19 bits per heavy atom. The van der Waals surface area contributed by atoms with Crippen LogP contribution in [0, 0.1) is 25.2 Å². The fourth-order valence-electron chi connectivity index (χ4n) is 0.898. The van der Waals surface area contributed by atoms with Gasteiger partial charge in [0.15, 0.2) is 5.69 Å². The monoisotopic (exact) mass is 212 g/mol. The van der Waals surface area contributed by atoms with Gasteiger partial charge in [0.2, 0.25) is 0 Å². The van der Waals surface area contributed by atoms with E-state index in [1.807, 2.05) is 38.1 Å². The Balaban J connectivity index is 0.000000165. The SMILES string of the molecule is Cc1ccccn1.Cc1cnc(C#N)cn1. The molecule has 4 nitrogen and oxygen atoms in total. The normalized spacial score (nSPS) is 8.56. The Labute approximate surface area is 94.6 Å². The number of nitriles is 1. The van der Waals surface area contributed by atoms with Crippen LogP contribution >= 0.6 is 0 Å². The Morgan fingerprint density at radius 2 is 1.81 bits per heavy atom. The summed E-state index contributed by atoms with van der Waals surface area (Å²) < 4.78 is 0. The molecule has 0 radical (unpaired) electrons. The van der Waals surface area contributed by atoms with Gasteiger partial charge in [-0.05, 0) is 26.0 Å². The van der Waals surface area contributed by atoms with Gasteiger partial charge in [-0.2, -0.15) is 5.26 Å². The molecule has 2 rings (SSSR count). The van der Waals surface area contributed by atoms with Crippen LogP contribution in [0.3, 0.4) is 0 Å². The van der Waals surface area contributed by atoms with E-state index < -0.39 is 0 Å². The molecule has 0 aliphatic rings. The van der Waals surface area contributed by atoms with Crippen molar-refractivity contribution in [3.05, 3.63) is 53.9 Å². The molecule has 16 heavy (non-hydrogen) atoms.